The Bertz CT molecular complexity index is 1090. The van der Waals surface area contributed by atoms with Crippen LogP contribution in [0.1, 0.15) is 11.3 Å². The first-order valence-electron chi connectivity index (χ1n) is 7.92. The molecule has 128 valence electrons. The molecule has 3 heterocycles. The lowest BCUT2D eigenvalue weighted by Gasteiger charge is -1.99. The maximum absolute atomic E-state index is 9.23. The average Bonchev–Trinajstić information content (AvgIpc) is 3.40. The van der Waals surface area contributed by atoms with E-state index in [4.69, 9.17) is 10.2 Å². The third-order valence-corrected chi connectivity index (χ3v) is 4.60. The molecule has 0 aliphatic rings. The fourth-order valence-corrected chi connectivity index (χ4v) is 3.20. The van der Waals surface area contributed by atoms with Crippen molar-refractivity contribution < 1.29 is 4.42 Å². The highest BCUT2D eigenvalue weighted by molar-refractivity contribution is 7.13. The van der Waals surface area contributed by atoms with E-state index in [0.717, 1.165) is 17.7 Å². The number of hydrogen-bond donors (Lipinski definition) is 1. The van der Waals surface area contributed by atoms with Crippen molar-refractivity contribution in [1.29, 1.82) is 5.26 Å². The Balaban J connectivity index is 1.51. The van der Waals surface area contributed by atoms with Gasteiger partial charge in [0.1, 0.15) is 11.5 Å². The van der Waals surface area contributed by atoms with Gasteiger partial charge in [0, 0.05) is 23.9 Å². The molecule has 0 aliphatic heterocycles. The molecule has 4 aromatic rings. The van der Waals surface area contributed by atoms with E-state index in [2.05, 4.69) is 21.4 Å². The Labute approximate surface area is 153 Å². The van der Waals surface area contributed by atoms with Crippen molar-refractivity contribution in [2.45, 2.75) is 13.0 Å². The third-order valence-electron chi connectivity index (χ3n) is 3.88. The van der Waals surface area contributed by atoms with Gasteiger partial charge in [-0.15, -0.1) is 16.4 Å². The maximum Gasteiger partial charge on any atom is 0.180 e. The summed E-state index contributed by atoms with van der Waals surface area (Å²) in [4.78, 5) is 4.23. The SMILES string of the molecule is N#Cc1ccccc1-c1ccc(-c2cn(CCc3csc(N)n3)nn2)o1. The predicted octanol–water partition coefficient (Wildman–Crippen LogP) is 3.36. The number of nitrogens with zero attached hydrogens (tertiary/aromatic N) is 5. The molecule has 0 spiro atoms. The van der Waals surface area contributed by atoms with E-state index >= 15 is 0 Å². The van der Waals surface area contributed by atoms with E-state index in [1.807, 2.05) is 41.9 Å². The van der Waals surface area contributed by atoms with Crippen LogP contribution in [0.3, 0.4) is 0 Å². The second-order valence-electron chi connectivity index (χ2n) is 5.62. The summed E-state index contributed by atoms with van der Waals surface area (Å²) in [6.45, 7) is 0.654. The molecule has 0 aliphatic carbocycles. The molecule has 0 amide bonds. The Kier molecular flexibility index (Phi) is 4.21. The molecule has 0 saturated carbocycles. The molecule has 4 rings (SSSR count). The van der Waals surface area contributed by atoms with Gasteiger partial charge in [-0.2, -0.15) is 5.26 Å². The third kappa shape index (κ3) is 3.20. The fraction of sp³-hybridized carbons (Fsp3) is 0.111. The van der Waals surface area contributed by atoms with Crippen LogP contribution >= 0.6 is 11.3 Å². The zero-order chi connectivity index (χ0) is 17.9. The minimum absolute atomic E-state index is 0.569. The number of hydrogen-bond acceptors (Lipinski definition) is 7. The van der Waals surface area contributed by atoms with E-state index < -0.39 is 0 Å². The number of nitrogens with two attached hydrogens (primary N) is 1. The van der Waals surface area contributed by atoms with E-state index in [9.17, 15) is 5.26 Å². The number of thiazole rings is 1. The molecule has 2 N–H and O–H groups in total. The number of nitrogen functional groups attached to an aromatic ring is 1. The summed E-state index contributed by atoms with van der Waals surface area (Å²) in [6.07, 6.45) is 2.56. The van der Waals surface area contributed by atoms with Crippen LogP contribution in [0.15, 0.2) is 52.4 Å². The van der Waals surface area contributed by atoms with Gasteiger partial charge < -0.3 is 10.2 Å². The topological polar surface area (TPSA) is 107 Å². The van der Waals surface area contributed by atoms with Gasteiger partial charge in [0.25, 0.3) is 0 Å². The molecule has 7 nitrogen and oxygen atoms in total. The molecular formula is C18H14N6OS. The predicted molar refractivity (Wildman–Crippen MR) is 98.1 cm³/mol. The smallest absolute Gasteiger partial charge is 0.180 e. The van der Waals surface area contributed by atoms with E-state index in [-0.39, 0.29) is 0 Å². The highest BCUT2D eigenvalue weighted by Crippen LogP contribution is 2.29. The van der Waals surface area contributed by atoms with Gasteiger partial charge in [-0.1, -0.05) is 17.3 Å². The Morgan fingerprint density at radius 2 is 2.04 bits per heavy atom. The molecule has 0 fully saturated rings. The number of aromatic nitrogens is 4. The van der Waals surface area contributed by atoms with Crippen LogP contribution in [0.5, 0.6) is 0 Å². The second kappa shape index (κ2) is 6.82. The number of aryl methyl sites for hydroxylation is 2. The zero-order valence-electron chi connectivity index (χ0n) is 13.7. The van der Waals surface area contributed by atoms with Crippen LogP contribution in [-0.2, 0) is 13.0 Å². The van der Waals surface area contributed by atoms with Crippen LogP contribution < -0.4 is 5.73 Å². The summed E-state index contributed by atoms with van der Waals surface area (Å²) < 4.78 is 7.63. The highest BCUT2D eigenvalue weighted by atomic mass is 32.1. The van der Waals surface area contributed by atoms with Crippen LogP contribution in [0.25, 0.3) is 22.8 Å². The van der Waals surface area contributed by atoms with Gasteiger partial charge >= 0.3 is 0 Å². The van der Waals surface area contributed by atoms with Crippen LogP contribution in [0.4, 0.5) is 5.13 Å². The molecule has 1 aromatic carbocycles. The number of furan rings is 1. The van der Waals surface area contributed by atoms with Gasteiger partial charge in [0.05, 0.1) is 23.5 Å². The lowest BCUT2D eigenvalue weighted by Crippen LogP contribution is -2.02. The highest BCUT2D eigenvalue weighted by Gasteiger charge is 2.13. The Morgan fingerprint density at radius 1 is 1.19 bits per heavy atom. The van der Waals surface area contributed by atoms with Crippen molar-refractivity contribution >= 4 is 16.5 Å². The normalized spacial score (nSPS) is 10.7. The molecule has 26 heavy (non-hydrogen) atoms. The molecule has 0 unspecified atom stereocenters. The van der Waals surface area contributed by atoms with Gasteiger partial charge in [-0.25, -0.2) is 4.98 Å². The van der Waals surface area contributed by atoms with Crippen molar-refractivity contribution in [3.63, 3.8) is 0 Å². The van der Waals surface area contributed by atoms with Crippen LogP contribution in [0, 0.1) is 11.3 Å². The summed E-state index contributed by atoms with van der Waals surface area (Å²) in [5.41, 5.74) is 8.55. The minimum Gasteiger partial charge on any atom is -0.454 e. The number of benzene rings is 1. The van der Waals surface area contributed by atoms with Crippen molar-refractivity contribution in [2.24, 2.45) is 0 Å². The molecule has 0 atom stereocenters. The maximum atomic E-state index is 9.23. The number of rotatable bonds is 5. The van der Waals surface area contributed by atoms with Crippen molar-refractivity contribution in [1.82, 2.24) is 20.0 Å². The first kappa shape index (κ1) is 16.1. The number of nitriles is 1. The van der Waals surface area contributed by atoms with Crippen molar-refractivity contribution in [3.8, 4) is 28.8 Å². The van der Waals surface area contributed by atoms with Crippen molar-refractivity contribution in [3.05, 3.63) is 59.2 Å². The van der Waals surface area contributed by atoms with Crippen LogP contribution in [0.2, 0.25) is 0 Å². The summed E-state index contributed by atoms with van der Waals surface area (Å²) >= 11 is 1.43. The first-order chi connectivity index (χ1) is 12.7. The Morgan fingerprint density at radius 3 is 2.85 bits per heavy atom. The van der Waals surface area contributed by atoms with Gasteiger partial charge in [-0.3, -0.25) is 4.68 Å². The summed E-state index contributed by atoms with van der Waals surface area (Å²) in [5, 5.41) is 20.0. The standard InChI is InChI=1S/C18H14N6OS/c19-9-12-3-1-2-4-14(12)16-5-6-17(25-16)15-10-24(23-22-15)8-7-13-11-26-18(20)21-13/h1-6,10-11H,7-8H2,(H2,20,21). The largest absolute Gasteiger partial charge is 0.454 e. The quantitative estimate of drug-likeness (QED) is 0.583. The van der Waals surface area contributed by atoms with E-state index in [0.29, 0.717) is 34.5 Å². The van der Waals surface area contributed by atoms with E-state index in [1.165, 1.54) is 11.3 Å². The minimum atomic E-state index is 0.569. The fourth-order valence-electron chi connectivity index (χ4n) is 2.60. The molecule has 3 aromatic heterocycles. The molecule has 0 radical (unpaired) electrons. The van der Waals surface area contributed by atoms with Gasteiger partial charge in [0.15, 0.2) is 10.9 Å². The van der Waals surface area contributed by atoms with Crippen molar-refractivity contribution in [2.75, 3.05) is 5.73 Å². The van der Waals surface area contributed by atoms with Gasteiger partial charge in [-0.05, 0) is 24.3 Å². The lowest BCUT2D eigenvalue weighted by atomic mass is 10.1. The molecule has 0 saturated heterocycles. The second-order valence-corrected chi connectivity index (χ2v) is 6.50. The zero-order valence-corrected chi connectivity index (χ0v) is 14.5. The Hall–Kier alpha value is -3.44. The summed E-state index contributed by atoms with van der Waals surface area (Å²) in [6, 6.07) is 13.2. The molecular weight excluding hydrogens is 348 g/mol. The lowest BCUT2D eigenvalue weighted by molar-refractivity contribution is 0.584. The summed E-state index contributed by atoms with van der Waals surface area (Å²) in [7, 11) is 0. The summed E-state index contributed by atoms with van der Waals surface area (Å²) in [5.74, 6) is 1.24. The van der Waals surface area contributed by atoms with Crippen LogP contribution in [-0.4, -0.2) is 20.0 Å². The molecule has 8 heteroatoms. The first-order valence-corrected chi connectivity index (χ1v) is 8.80. The van der Waals surface area contributed by atoms with E-state index in [1.54, 1.807) is 10.7 Å². The number of anilines is 1. The monoisotopic (exact) mass is 362 g/mol. The average molecular weight is 362 g/mol. The molecule has 0 bridgehead atoms. The van der Waals surface area contributed by atoms with Gasteiger partial charge in [0.2, 0.25) is 0 Å².